The predicted molar refractivity (Wildman–Crippen MR) is 77.8 cm³/mol. The van der Waals surface area contributed by atoms with E-state index in [1.807, 2.05) is 19.9 Å². The van der Waals surface area contributed by atoms with E-state index in [1.54, 1.807) is 10.9 Å². The van der Waals surface area contributed by atoms with Crippen molar-refractivity contribution in [2.75, 3.05) is 0 Å². The number of rotatable bonds is 4. The lowest BCUT2D eigenvalue weighted by molar-refractivity contribution is 0.586. The zero-order valence-corrected chi connectivity index (χ0v) is 12.5. The molecule has 102 valence electrons. The smallest absolute Gasteiger partial charge is 0.153 e. The molecule has 0 aromatic carbocycles. The minimum Gasteiger partial charge on any atom is -0.310 e. The Hall–Kier alpha value is -1.39. The number of nitrogens with one attached hydrogen (secondary N) is 1. The van der Waals surface area contributed by atoms with Crippen molar-refractivity contribution >= 4 is 11.6 Å². The molecule has 0 saturated heterocycles. The van der Waals surface area contributed by atoms with Gasteiger partial charge in [0.2, 0.25) is 0 Å². The van der Waals surface area contributed by atoms with E-state index < -0.39 is 0 Å². The third kappa shape index (κ3) is 3.33. The van der Waals surface area contributed by atoms with Crippen LogP contribution in [0.25, 0.3) is 5.82 Å². The summed E-state index contributed by atoms with van der Waals surface area (Å²) in [4.78, 5) is 4.58. The van der Waals surface area contributed by atoms with E-state index in [4.69, 9.17) is 11.6 Å². The molecular weight excluding hydrogens is 260 g/mol. The van der Waals surface area contributed by atoms with Crippen LogP contribution in [0.15, 0.2) is 18.3 Å². The van der Waals surface area contributed by atoms with Crippen LogP contribution in [-0.4, -0.2) is 20.8 Å². The lowest BCUT2D eigenvalue weighted by atomic mass is 10.2. The fraction of sp³-hybridized carbons (Fsp3) is 0.429. The first kappa shape index (κ1) is 14.0. The molecule has 2 aromatic rings. The monoisotopic (exact) mass is 278 g/mol. The average molecular weight is 279 g/mol. The van der Waals surface area contributed by atoms with Crippen LogP contribution in [0.1, 0.15) is 30.8 Å². The summed E-state index contributed by atoms with van der Waals surface area (Å²) < 4.78 is 1.71. The van der Waals surface area contributed by atoms with Gasteiger partial charge in [-0.1, -0.05) is 31.5 Å². The number of aromatic nitrogens is 3. The molecule has 4 nitrogen and oxygen atoms in total. The standard InChI is InChI=1S/C14H19ClN4/c1-9(2)16-7-12-5-6-14(17-10(12)3)19-8-13(15)11(4)18-19/h5-6,8-9,16H,7H2,1-4H3. The first-order chi connectivity index (χ1) is 8.97. The Kier molecular flexibility index (Phi) is 4.22. The van der Waals surface area contributed by atoms with Crippen LogP contribution in [0, 0.1) is 13.8 Å². The highest BCUT2D eigenvalue weighted by molar-refractivity contribution is 6.31. The lowest BCUT2D eigenvalue weighted by Crippen LogP contribution is -2.22. The van der Waals surface area contributed by atoms with Crippen LogP contribution in [-0.2, 0) is 6.54 Å². The molecule has 0 aliphatic rings. The second kappa shape index (κ2) is 5.72. The first-order valence-corrected chi connectivity index (χ1v) is 6.77. The molecule has 0 bridgehead atoms. The van der Waals surface area contributed by atoms with Crippen molar-refractivity contribution in [3.8, 4) is 5.82 Å². The van der Waals surface area contributed by atoms with Gasteiger partial charge in [0.1, 0.15) is 0 Å². The van der Waals surface area contributed by atoms with Crippen LogP contribution in [0.3, 0.4) is 0 Å². The SMILES string of the molecule is Cc1nn(-c2ccc(CNC(C)C)c(C)n2)cc1Cl. The summed E-state index contributed by atoms with van der Waals surface area (Å²) >= 11 is 6.01. The van der Waals surface area contributed by atoms with E-state index in [9.17, 15) is 0 Å². The predicted octanol–water partition coefficient (Wildman–Crippen LogP) is 3.04. The van der Waals surface area contributed by atoms with E-state index in [2.05, 4.69) is 35.3 Å². The van der Waals surface area contributed by atoms with Gasteiger partial charge in [0.15, 0.2) is 5.82 Å². The zero-order chi connectivity index (χ0) is 14.0. The maximum absolute atomic E-state index is 6.01. The average Bonchev–Trinajstić information content (AvgIpc) is 2.68. The molecule has 0 unspecified atom stereocenters. The molecule has 2 rings (SSSR count). The molecule has 19 heavy (non-hydrogen) atoms. The second-order valence-electron chi connectivity index (χ2n) is 4.96. The molecule has 0 saturated carbocycles. The number of aryl methyl sites for hydroxylation is 2. The van der Waals surface area contributed by atoms with Crippen LogP contribution < -0.4 is 5.32 Å². The summed E-state index contributed by atoms with van der Waals surface area (Å²) in [5, 5.41) is 8.38. The van der Waals surface area contributed by atoms with Crippen LogP contribution in [0.5, 0.6) is 0 Å². The van der Waals surface area contributed by atoms with Gasteiger partial charge in [0.05, 0.1) is 16.9 Å². The van der Waals surface area contributed by atoms with Crippen molar-refractivity contribution in [1.29, 1.82) is 0 Å². The minimum absolute atomic E-state index is 0.464. The number of pyridine rings is 1. The Morgan fingerprint density at radius 2 is 2.00 bits per heavy atom. The largest absolute Gasteiger partial charge is 0.310 e. The maximum Gasteiger partial charge on any atom is 0.153 e. The van der Waals surface area contributed by atoms with Crippen LogP contribution >= 0.6 is 11.6 Å². The van der Waals surface area contributed by atoms with Crippen molar-refractivity contribution in [3.05, 3.63) is 40.3 Å². The molecule has 0 spiro atoms. The molecule has 0 radical (unpaired) electrons. The summed E-state index contributed by atoms with van der Waals surface area (Å²) in [6.07, 6.45) is 1.78. The van der Waals surface area contributed by atoms with Gasteiger partial charge in [0, 0.05) is 18.3 Å². The summed E-state index contributed by atoms with van der Waals surface area (Å²) in [6.45, 7) is 8.98. The van der Waals surface area contributed by atoms with Gasteiger partial charge in [-0.25, -0.2) is 9.67 Å². The number of hydrogen-bond acceptors (Lipinski definition) is 3. The first-order valence-electron chi connectivity index (χ1n) is 6.39. The van der Waals surface area contributed by atoms with E-state index in [1.165, 1.54) is 5.56 Å². The topological polar surface area (TPSA) is 42.7 Å². The van der Waals surface area contributed by atoms with Gasteiger partial charge in [-0.05, 0) is 25.5 Å². The summed E-state index contributed by atoms with van der Waals surface area (Å²) in [6, 6.07) is 4.51. The van der Waals surface area contributed by atoms with Gasteiger partial charge in [-0.15, -0.1) is 0 Å². The molecule has 5 heteroatoms. The highest BCUT2D eigenvalue weighted by Gasteiger charge is 2.07. The highest BCUT2D eigenvalue weighted by Crippen LogP contribution is 2.16. The second-order valence-corrected chi connectivity index (χ2v) is 5.36. The van der Waals surface area contributed by atoms with Gasteiger partial charge < -0.3 is 5.32 Å². The third-order valence-electron chi connectivity index (χ3n) is 2.96. The Morgan fingerprint density at radius 3 is 2.53 bits per heavy atom. The number of hydrogen-bond donors (Lipinski definition) is 1. The number of halogens is 1. The Labute approximate surface area is 118 Å². The van der Waals surface area contributed by atoms with Gasteiger partial charge in [-0.3, -0.25) is 0 Å². The molecule has 2 heterocycles. The van der Waals surface area contributed by atoms with Crippen molar-refractivity contribution in [2.45, 2.75) is 40.3 Å². The molecule has 0 amide bonds. The van der Waals surface area contributed by atoms with Gasteiger partial charge in [-0.2, -0.15) is 5.10 Å². The Bertz CT molecular complexity index is 555. The van der Waals surface area contributed by atoms with E-state index >= 15 is 0 Å². The lowest BCUT2D eigenvalue weighted by Gasteiger charge is -2.11. The molecule has 0 aliphatic heterocycles. The van der Waals surface area contributed by atoms with E-state index in [0.717, 1.165) is 23.8 Å². The molecule has 0 atom stereocenters. The zero-order valence-electron chi connectivity index (χ0n) is 11.7. The summed E-state index contributed by atoms with van der Waals surface area (Å²) in [7, 11) is 0. The normalized spacial score (nSPS) is 11.3. The Morgan fingerprint density at radius 1 is 1.26 bits per heavy atom. The summed E-state index contributed by atoms with van der Waals surface area (Å²) in [5.74, 6) is 0.792. The minimum atomic E-state index is 0.464. The van der Waals surface area contributed by atoms with Gasteiger partial charge >= 0.3 is 0 Å². The molecule has 0 aliphatic carbocycles. The van der Waals surface area contributed by atoms with Crippen molar-refractivity contribution < 1.29 is 0 Å². The Balaban J connectivity index is 2.23. The van der Waals surface area contributed by atoms with Crippen molar-refractivity contribution in [1.82, 2.24) is 20.1 Å². The maximum atomic E-state index is 6.01. The summed E-state index contributed by atoms with van der Waals surface area (Å²) in [5.41, 5.74) is 3.02. The third-order valence-corrected chi connectivity index (χ3v) is 3.33. The van der Waals surface area contributed by atoms with Crippen molar-refractivity contribution in [2.24, 2.45) is 0 Å². The van der Waals surface area contributed by atoms with Crippen LogP contribution in [0.2, 0.25) is 5.02 Å². The van der Waals surface area contributed by atoms with Crippen LogP contribution in [0.4, 0.5) is 0 Å². The fourth-order valence-electron chi connectivity index (χ4n) is 1.76. The number of nitrogens with zero attached hydrogens (tertiary/aromatic N) is 3. The molecule has 2 aromatic heterocycles. The van der Waals surface area contributed by atoms with Gasteiger partial charge in [0.25, 0.3) is 0 Å². The quantitative estimate of drug-likeness (QED) is 0.935. The van der Waals surface area contributed by atoms with E-state index in [0.29, 0.717) is 11.1 Å². The molecular formula is C14H19ClN4. The molecule has 1 N–H and O–H groups in total. The highest BCUT2D eigenvalue weighted by atomic mass is 35.5. The fourth-order valence-corrected chi connectivity index (χ4v) is 1.89. The van der Waals surface area contributed by atoms with E-state index in [-0.39, 0.29) is 0 Å². The van der Waals surface area contributed by atoms with Crippen molar-refractivity contribution in [3.63, 3.8) is 0 Å². The molecule has 0 fully saturated rings.